The van der Waals surface area contributed by atoms with Crippen LogP contribution >= 0.6 is 0 Å². The maximum atomic E-state index is 10.0. The topological polar surface area (TPSA) is 52.6 Å². The predicted octanol–water partition coefficient (Wildman–Crippen LogP) is -0.512. The highest BCUT2D eigenvalue weighted by molar-refractivity contribution is 5.79. The average Bonchev–Trinajstić information content (AvgIpc) is 1.83. The van der Waals surface area contributed by atoms with Gasteiger partial charge in [-0.1, -0.05) is 0 Å². The third-order valence-corrected chi connectivity index (χ3v) is 1.62. The lowest BCUT2D eigenvalue weighted by atomic mass is 10.1. The maximum Gasteiger partial charge on any atom is 0.329 e. The molecule has 0 bridgehead atoms. The van der Waals surface area contributed by atoms with Crippen molar-refractivity contribution in [3.05, 3.63) is 12.3 Å². The first kappa shape index (κ1) is 8.07. The zero-order chi connectivity index (χ0) is 8.27. The van der Waals surface area contributed by atoms with Crippen molar-refractivity contribution >= 4 is 5.97 Å². The maximum absolute atomic E-state index is 10.0. The minimum absolute atomic E-state index is 0.426. The highest BCUT2D eigenvalue weighted by atomic mass is 16.4. The van der Waals surface area contributed by atoms with E-state index in [2.05, 4.69) is 10.2 Å². The number of likely N-dealkylation sites (N-methyl/N-ethyl adjacent to an activating group) is 1. The molecule has 0 radical (unpaired) electrons. The van der Waals surface area contributed by atoms with Gasteiger partial charge in [-0.3, -0.25) is 0 Å². The van der Waals surface area contributed by atoms with Crippen molar-refractivity contribution in [1.29, 1.82) is 0 Å². The molecule has 0 aliphatic carbocycles. The number of nitrogens with zero attached hydrogens (tertiary/aromatic N) is 1. The molecule has 0 amide bonds. The molecule has 2 N–H and O–H groups in total. The Hall–Kier alpha value is -1.03. The first-order chi connectivity index (χ1) is 5.18. The van der Waals surface area contributed by atoms with Gasteiger partial charge in [-0.2, -0.15) is 0 Å². The minimum Gasteiger partial charge on any atom is -0.478 e. The first-order valence-corrected chi connectivity index (χ1v) is 3.52. The van der Waals surface area contributed by atoms with E-state index in [1.807, 2.05) is 7.05 Å². The Bertz CT molecular complexity index is 173. The summed E-state index contributed by atoms with van der Waals surface area (Å²) in [6, 6.07) is 0.426. The molecule has 4 nitrogen and oxygen atoms in total. The number of aliphatic carboxylic acids is 1. The molecule has 1 rings (SSSR count). The number of carboxylic acid groups (broad SMARTS) is 1. The number of hydrogen-bond donors (Lipinski definition) is 2. The van der Waals surface area contributed by atoms with E-state index in [9.17, 15) is 4.79 Å². The third-order valence-electron chi connectivity index (χ3n) is 1.62. The molecule has 4 heteroatoms. The summed E-state index contributed by atoms with van der Waals surface area (Å²) >= 11 is 0. The molecule has 1 saturated heterocycles. The van der Waals surface area contributed by atoms with E-state index >= 15 is 0 Å². The molecule has 1 aliphatic heterocycles. The van der Waals surface area contributed by atoms with E-state index in [1.165, 1.54) is 6.20 Å². The van der Waals surface area contributed by atoms with Gasteiger partial charge in [-0.15, -0.1) is 0 Å². The fourth-order valence-electron chi connectivity index (χ4n) is 1.06. The molecule has 1 aliphatic rings. The quantitative estimate of drug-likeness (QED) is 0.540. The van der Waals surface area contributed by atoms with Gasteiger partial charge in [0.15, 0.2) is 0 Å². The van der Waals surface area contributed by atoms with Crippen molar-refractivity contribution in [2.45, 2.75) is 6.04 Å². The van der Waals surface area contributed by atoms with Gasteiger partial charge in [0.2, 0.25) is 0 Å². The SMILES string of the molecule is CN1CC(N/C=C/C(=O)O)C1. The number of carboxylic acids is 1. The fourth-order valence-corrected chi connectivity index (χ4v) is 1.06. The van der Waals surface area contributed by atoms with Crippen LogP contribution in [0, 0.1) is 0 Å². The number of nitrogens with one attached hydrogen (secondary N) is 1. The van der Waals surface area contributed by atoms with Crippen LogP contribution in [0.3, 0.4) is 0 Å². The van der Waals surface area contributed by atoms with Crippen molar-refractivity contribution in [3.8, 4) is 0 Å². The molecule has 0 saturated carbocycles. The summed E-state index contributed by atoms with van der Waals surface area (Å²) in [5, 5.41) is 11.2. The Morgan fingerprint density at radius 3 is 2.82 bits per heavy atom. The van der Waals surface area contributed by atoms with Crippen LogP contribution in [0.2, 0.25) is 0 Å². The second-order valence-corrected chi connectivity index (χ2v) is 2.76. The minimum atomic E-state index is -0.912. The normalized spacial score (nSPS) is 20.1. The molecule has 0 spiro atoms. The molecule has 0 atom stereocenters. The lowest BCUT2D eigenvalue weighted by Crippen LogP contribution is -2.54. The van der Waals surface area contributed by atoms with Crippen molar-refractivity contribution in [2.24, 2.45) is 0 Å². The van der Waals surface area contributed by atoms with Crippen molar-refractivity contribution in [2.75, 3.05) is 20.1 Å². The molecule has 1 fully saturated rings. The Morgan fingerprint density at radius 1 is 1.73 bits per heavy atom. The smallest absolute Gasteiger partial charge is 0.329 e. The van der Waals surface area contributed by atoms with Gasteiger partial charge in [0.25, 0.3) is 0 Å². The van der Waals surface area contributed by atoms with Gasteiger partial charge in [-0.25, -0.2) is 4.79 Å². The zero-order valence-electron chi connectivity index (χ0n) is 6.45. The Morgan fingerprint density at radius 2 is 2.36 bits per heavy atom. The monoisotopic (exact) mass is 156 g/mol. The van der Waals surface area contributed by atoms with Gasteiger partial charge in [0.1, 0.15) is 0 Å². The molecule has 11 heavy (non-hydrogen) atoms. The molecule has 0 aromatic carbocycles. The standard InChI is InChI=1S/C7H12N2O2/c1-9-4-6(5-9)8-3-2-7(10)11/h2-3,6,8H,4-5H2,1H3,(H,10,11)/b3-2+. The van der Waals surface area contributed by atoms with Gasteiger partial charge < -0.3 is 15.3 Å². The number of hydrogen-bond acceptors (Lipinski definition) is 3. The summed E-state index contributed by atoms with van der Waals surface area (Å²) in [6.45, 7) is 1.98. The van der Waals surface area contributed by atoms with Crippen LogP contribution in [0.5, 0.6) is 0 Å². The van der Waals surface area contributed by atoms with Crippen LogP contribution in [0.15, 0.2) is 12.3 Å². The van der Waals surface area contributed by atoms with Crippen LogP contribution in [-0.2, 0) is 4.79 Å². The molecule has 62 valence electrons. The number of likely N-dealkylation sites (tertiary alicyclic amines) is 1. The fraction of sp³-hybridized carbons (Fsp3) is 0.571. The summed E-state index contributed by atoms with van der Waals surface area (Å²) in [6.07, 6.45) is 2.60. The Labute approximate surface area is 65.5 Å². The molecule has 0 aromatic heterocycles. The van der Waals surface area contributed by atoms with E-state index in [1.54, 1.807) is 0 Å². The molecule has 1 heterocycles. The third kappa shape index (κ3) is 2.59. The number of rotatable bonds is 3. The average molecular weight is 156 g/mol. The van der Waals surface area contributed by atoms with Crippen LogP contribution in [-0.4, -0.2) is 42.2 Å². The van der Waals surface area contributed by atoms with E-state index in [0.29, 0.717) is 6.04 Å². The van der Waals surface area contributed by atoms with E-state index in [-0.39, 0.29) is 0 Å². The van der Waals surface area contributed by atoms with Gasteiger partial charge in [-0.05, 0) is 7.05 Å². The van der Waals surface area contributed by atoms with E-state index in [4.69, 9.17) is 5.11 Å². The van der Waals surface area contributed by atoms with E-state index < -0.39 is 5.97 Å². The Balaban J connectivity index is 2.09. The molecule has 0 unspecified atom stereocenters. The lowest BCUT2D eigenvalue weighted by molar-refractivity contribution is -0.131. The second-order valence-electron chi connectivity index (χ2n) is 2.76. The van der Waals surface area contributed by atoms with Crippen molar-refractivity contribution in [3.63, 3.8) is 0 Å². The van der Waals surface area contributed by atoms with Gasteiger partial charge in [0.05, 0.1) is 6.04 Å². The molecule has 0 aromatic rings. The van der Waals surface area contributed by atoms with Crippen molar-refractivity contribution in [1.82, 2.24) is 10.2 Å². The van der Waals surface area contributed by atoms with Crippen LogP contribution < -0.4 is 5.32 Å². The summed E-state index contributed by atoms with van der Waals surface area (Å²) in [7, 11) is 2.03. The van der Waals surface area contributed by atoms with Gasteiger partial charge >= 0.3 is 5.97 Å². The summed E-state index contributed by atoms with van der Waals surface area (Å²) in [5.41, 5.74) is 0. The second kappa shape index (κ2) is 3.39. The summed E-state index contributed by atoms with van der Waals surface area (Å²) < 4.78 is 0. The summed E-state index contributed by atoms with van der Waals surface area (Å²) in [5.74, 6) is -0.912. The Kier molecular flexibility index (Phi) is 2.48. The lowest BCUT2D eigenvalue weighted by Gasteiger charge is -2.36. The molecular formula is C7H12N2O2. The van der Waals surface area contributed by atoms with Crippen LogP contribution in [0.4, 0.5) is 0 Å². The highest BCUT2D eigenvalue weighted by Crippen LogP contribution is 2.02. The van der Waals surface area contributed by atoms with E-state index in [0.717, 1.165) is 19.2 Å². The molecular weight excluding hydrogens is 144 g/mol. The largest absolute Gasteiger partial charge is 0.478 e. The highest BCUT2D eigenvalue weighted by Gasteiger charge is 2.20. The summed E-state index contributed by atoms with van der Waals surface area (Å²) in [4.78, 5) is 12.2. The predicted molar refractivity (Wildman–Crippen MR) is 41.2 cm³/mol. The van der Waals surface area contributed by atoms with Gasteiger partial charge in [0, 0.05) is 25.4 Å². The number of carbonyl (C=O) groups is 1. The first-order valence-electron chi connectivity index (χ1n) is 3.52. The van der Waals surface area contributed by atoms with Crippen LogP contribution in [0.1, 0.15) is 0 Å². The zero-order valence-corrected chi connectivity index (χ0v) is 6.45. The van der Waals surface area contributed by atoms with Crippen molar-refractivity contribution < 1.29 is 9.90 Å². The van der Waals surface area contributed by atoms with Crippen LogP contribution in [0.25, 0.3) is 0 Å².